The van der Waals surface area contributed by atoms with Crippen molar-refractivity contribution in [1.29, 1.82) is 0 Å². The molecule has 1 heterocycles. The van der Waals surface area contributed by atoms with Gasteiger partial charge in [0.05, 0.1) is 0 Å². The van der Waals surface area contributed by atoms with Gasteiger partial charge in [-0.3, -0.25) is 4.79 Å². The largest absolute Gasteiger partial charge is 0.508 e. The van der Waals surface area contributed by atoms with Crippen molar-refractivity contribution in [2.24, 2.45) is 17.8 Å². The number of hydrogen-bond donors (Lipinski definition) is 2. The van der Waals surface area contributed by atoms with E-state index >= 15 is 0 Å². The van der Waals surface area contributed by atoms with Crippen molar-refractivity contribution in [1.82, 2.24) is 4.90 Å². The van der Waals surface area contributed by atoms with Gasteiger partial charge in [0.2, 0.25) is 0 Å². The van der Waals surface area contributed by atoms with Gasteiger partial charge in [-0.15, -0.1) is 0 Å². The molecule has 0 bridgehead atoms. The van der Waals surface area contributed by atoms with E-state index in [4.69, 9.17) is 0 Å². The summed E-state index contributed by atoms with van der Waals surface area (Å²) in [5, 5.41) is 21.4. The van der Waals surface area contributed by atoms with Crippen molar-refractivity contribution in [2.75, 3.05) is 13.1 Å². The van der Waals surface area contributed by atoms with E-state index in [0.717, 1.165) is 70.0 Å². The van der Waals surface area contributed by atoms with Gasteiger partial charge in [0.25, 0.3) is 5.91 Å². The molecular formula is C28H37NO3. The molecule has 0 aromatic heterocycles. The Labute approximate surface area is 192 Å². The van der Waals surface area contributed by atoms with Crippen molar-refractivity contribution >= 4 is 5.91 Å². The minimum Gasteiger partial charge on any atom is -0.508 e. The topological polar surface area (TPSA) is 60.8 Å². The lowest BCUT2D eigenvalue weighted by Crippen LogP contribution is -2.53. The number of likely N-dealkylation sites (tertiary alicyclic amines) is 1. The Morgan fingerprint density at radius 1 is 1.00 bits per heavy atom. The Morgan fingerprint density at radius 2 is 1.62 bits per heavy atom. The number of benzene rings is 2. The lowest BCUT2D eigenvalue weighted by molar-refractivity contribution is -0.161. The number of aromatic hydroxyl groups is 1. The van der Waals surface area contributed by atoms with E-state index in [1.165, 1.54) is 5.56 Å². The summed E-state index contributed by atoms with van der Waals surface area (Å²) in [4.78, 5) is 15.7. The number of piperidine rings is 1. The predicted octanol–water partition coefficient (Wildman–Crippen LogP) is 5.28. The van der Waals surface area contributed by atoms with Crippen LogP contribution in [-0.4, -0.2) is 34.1 Å². The number of hydrogen-bond acceptors (Lipinski definition) is 3. The van der Waals surface area contributed by atoms with Crippen LogP contribution in [0.1, 0.15) is 63.0 Å². The van der Waals surface area contributed by atoms with Gasteiger partial charge < -0.3 is 15.1 Å². The number of carbonyl (C=O) groups is 1. The Bertz CT molecular complexity index is 867. The van der Waals surface area contributed by atoms with Crippen LogP contribution in [-0.2, 0) is 16.8 Å². The van der Waals surface area contributed by atoms with Gasteiger partial charge in [-0.2, -0.15) is 0 Å². The summed E-state index contributed by atoms with van der Waals surface area (Å²) < 4.78 is 0. The van der Waals surface area contributed by atoms with E-state index in [1.54, 1.807) is 12.1 Å². The molecule has 2 aromatic carbocycles. The molecule has 4 nitrogen and oxygen atoms in total. The number of phenolic OH excluding ortho intramolecular Hbond substituents is 1. The van der Waals surface area contributed by atoms with E-state index in [-0.39, 0.29) is 11.8 Å². The molecule has 4 rings (SSSR count). The maximum atomic E-state index is 13.7. The Morgan fingerprint density at radius 3 is 2.22 bits per heavy atom. The number of phenols is 1. The van der Waals surface area contributed by atoms with Crippen LogP contribution in [0.4, 0.5) is 0 Å². The van der Waals surface area contributed by atoms with Crippen LogP contribution in [0.3, 0.4) is 0 Å². The van der Waals surface area contributed by atoms with Crippen LogP contribution < -0.4 is 0 Å². The third kappa shape index (κ3) is 4.71. The highest BCUT2D eigenvalue weighted by Crippen LogP contribution is 2.42. The normalized spacial score (nSPS) is 20.8. The summed E-state index contributed by atoms with van der Waals surface area (Å²) in [6.45, 7) is 3.69. The molecule has 32 heavy (non-hydrogen) atoms. The molecule has 1 saturated heterocycles. The summed E-state index contributed by atoms with van der Waals surface area (Å²) in [7, 11) is 0. The molecule has 2 fully saturated rings. The molecule has 2 unspecified atom stereocenters. The summed E-state index contributed by atoms with van der Waals surface area (Å²) in [6, 6.07) is 17.1. The van der Waals surface area contributed by atoms with Gasteiger partial charge in [-0.25, -0.2) is 0 Å². The van der Waals surface area contributed by atoms with Crippen LogP contribution >= 0.6 is 0 Å². The Kier molecular flexibility index (Phi) is 7.20. The maximum Gasteiger partial charge on any atom is 0.259 e. The zero-order valence-corrected chi connectivity index (χ0v) is 19.2. The highest BCUT2D eigenvalue weighted by Gasteiger charge is 2.48. The van der Waals surface area contributed by atoms with Gasteiger partial charge in [0.1, 0.15) is 5.75 Å². The van der Waals surface area contributed by atoms with E-state index in [1.807, 2.05) is 47.4 Å². The fourth-order valence-corrected chi connectivity index (χ4v) is 5.96. The van der Waals surface area contributed by atoms with Crippen molar-refractivity contribution in [3.05, 3.63) is 65.7 Å². The molecule has 0 radical (unpaired) electrons. The van der Waals surface area contributed by atoms with E-state index < -0.39 is 5.60 Å². The molecule has 2 N–H and O–H groups in total. The van der Waals surface area contributed by atoms with Crippen molar-refractivity contribution in [3.63, 3.8) is 0 Å². The van der Waals surface area contributed by atoms with Gasteiger partial charge in [-0.1, -0.05) is 68.7 Å². The van der Waals surface area contributed by atoms with Crippen molar-refractivity contribution < 1.29 is 15.0 Å². The standard InChI is InChI=1S/C28H37NO3/c1-2-22(20-21-12-14-26(30)15-13-21)23-16-18-29(19-17-23)27(31)28(32,25-10-6-7-11-25)24-8-4-3-5-9-24/h3-5,8-9,12-15,22-23,25,30,32H,2,6-7,10-11,16-20H2,1H3. The molecule has 4 heteroatoms. The highest BCUT2D eigenvalue weighted by molar-refractivity contribution is 5.87. The van der Waals surface area contributed by atoms with Crippen molar-refractivity contribution in [3.8, 4) is 5.75 Å². The molecule has 1 saturated carbocycles. The first-order valence-electron chi connectivity index (χ1n) is 12.4. The monoisotopic (exact) mass is 435 g/mol. The van der Waals surface area contributed by atoms with Gasteiger partial charge in [-0.05, 0) is 67.2 Å². The Balaban J connectivity index is 1.44. The lowest BCUT2D eigenvalue weighted by Gasteiger charge is -2.42. The van der Waals surface area contributed by atoms with E-state index in [0.29, 0.717) is 17.6 Å². The van der Waals surface area contributed by atoms with Crippen LogP contribution in [0.5, 0.6) is 5.75 Å². The average molecular weight is 436 g/mol. The summed E-state index contributed by atoms with van der Waals surface area (Å²) in [6.07, 6.45) is 8.09. The van der Waals surface area contributed by atoms with Gasteiger partial charge in [0.15, 0.2) is 5.60 Å². The number of carbonyl (C=O) groups excluding carboxylic acids is 1. The minimum absolute atomic E-state index is 0.00742. The maximum absolute atomic E-state index is 13.7. The fraction of sp³-hybridized carbons (Fsp3) is 0.536. The third-order valence-electron chi connectivity index (χ3n) is 7.94. The van der Waals surface area contributed by atoms with Crippen LogP contribution in [0, 0.1) is 17.8 Å². The fourth-order valence-electron chi connectivity index (χ4n) is 5.96. The second-order valence-electron chi connectivity index (χ2n) is 9.78. The first-order valence-corrected chi connectivity index (χ1v) is 12.4. The first kappa shape index (κ1) is 22.8. The highest BCUT2D eigenvalue weighted by atomic mass is 16.3. The van der Waals surface area contributed by atoms with Crippen LogP contribution in [0.15, 0.2) is 54.6 Å². The van der Waals surface area contributed by atoms with Gasteiger partial charge in [0, 0.05) is 19.0 Å². The van der Waals surface area contributed by atoms with Crippen LogP contribution in [0.2, 0.25) is 0 Å². The molecule has 0 spiro atoms. The number of nitrogens with zero attached hydrogens (tertiary/aromatic N) is 1. The van der Waals surface area contributed by atoms with Crippen molar-refractivity contribution in [2.45, 2.75) is 63.9 Å². The zero-order valence-electron chi connectivity index (χ0n) is 19.2. The molecule has 1 aliphatic heterocycles. The second kappa shape index (κ2) is 10.1. The van der Waals surface area contributed by atoms with E-state index in [2.05, 4.69) is 6.92 Å². The summed E-state index contributed by atoms with van der Waals surface area (Å²) in [5.41, 5.74) is 0.603. The third-order valence-corrected chi connectivity index (χ3v) is 7.94. The average Bonchev–Trinajstić information content (AvgIpc) is 3.39. The first-order chi connectivity index (χ1) is 15.5. The smallest absolute Gasteiger partial charge is 0.259 e. The lowest BCUT2D eigenvalue weighted by atomic mass is 9.76. The molecule has 2 aliphatic rings. The summed E-state index contributed by atoms with van der Waals surface area (Å²) in [5.74, 6) is 1.37. The second-order valence-corrected chi connectivity index (χ2v) is 9.78. The number of amides is 1. The zero-order chi connectivity index (χ0) is 22.6. The molecule has 1 aliphatic carbocycles. The molecule has 1 amide bonds. The molecule has 2 atom stereocenters. The minimum atomic E-state index is -1.40. The van der Waals surface area contributed by atoms with E-state index in [9.17, 15) is 15.0 Å². The quantitative estimate of drug-likeness (QED) is 0.622. The molecule has 172 valence electrons. The van der Waals surface area contributed by atoms with Crippen LogP contribution in [0.25, 0.3) is 0 Å². The SMILES string of the molecule is CCC(Cc1ccc(O)cc1)C1CCN(C(=O)C(O)(c2ccccc2)C2CCCC2)CC1. The molecule has 2 aromatic rings. The predicted molar refractivity (Wildman–Crippen MR) is 127 cm³/mol. The van der Waals surface area contributed by atoms with Gasteiger partial charge >= 0.3 is 0 Å². The number of rotatable bonds is 7. The summed E-state index contributed by atoms with van der Waals surface area (Å²) >= 11 is 0. The number of aliphatic hydroxyl groups is 1. The Hall–Kier alpha value is -2.33. The molecular weight excluding hydrogens is 398 g/mol.